The van der Waals surface area contributed by atoms with Crippen molar-refractivity contribution in [3.63, 3.8) is 0 Å². The highest BCUT2D eigenvalue weighted by Gasteiger charge is 2.01. The van der Waals surface area contributed by atoms with Crippen molar-refractivity contribution >= 4 is 11.6 Å². The number of carbonyl (C=O) groups excluding carboxylic acids is 1. The van der Waals surface area contributed by atoms with Gasteiger partial charge in [-0.05, 0) is 18.2 Å². The third-order valence-corrected chi connectivity index (χ3v) is 1.32. The smallest absolute Gasteiger partial charge is 0.247 e. The summed E-state index contributed by atoms with van der Waals surface area (Å²) in [7, 11) is 0. The molecule has 0 heterocycles. The quantitative estimate of drug-likeness (QED) is 0.667. The molecule has 1 amide bonds. The van der Waals surface area contributed by atoms with Crippen LogP contribution in [0.15, 0.2) is 36.9 Å². The number of carbonyl (C=O) groups is 1. The average molecular weight is 165 g/mol. The van der Waals surface area contributed by atoms with Crippen molar-refractivity contribution in [3.8, 4) is 0 Å². The molecule has 0 fully saturated rings. The zero-order chi connectivity index (χ0) is 8.97. The maximum absolute atomic E-state index is 12.8. The van der Waals surface area contributed by atoms with Crippen LogP contribution < -0.4 is 5.32 Å². The highest BCUT2D eigenvalue weighted by atomic mass is 19.1. The van der Waals surface area contributed by atoms with Crippen LogP contribution >= 0.6 is 0 Å². The molecule has 1 aromatic carbocycles. The second kappa shape index (κ2) is 3.67. The Morgan fingerprint density at radius 2 is 2.17 bits per heavy atom. The molecule has 0 aliphatic carbocycles. The first kappa shape index (κ1) is 8.46. The third-order valence-electron chi connectivity index (χ3n) is 1.32. The lowest BCUT2D eigenvalue weighted by Crippen LogP contribution is -2.08. The number of hydrogen-bond donors (Lipinski definition) is 1. The fourth-order valence-corrected chi connectivity index (χ4v) is 0.746. The molecule has 0 bridgehead atoms. The van der Waals surface area contributed by atoms with Gasteiger partial charge in [0.25, 0.3) is 0 Å². The summed E-state index contributed by atoms with van der Waals surface area (Å²) in [6.45, 7) is 3.25. The molecule has 0 spiro atoms. The zero-order valence-corrected chi connectivity index (χ0v) is 6.38. The summed E-state index contributed by atoms with van der Waals surface area (Å²) < 4.78 is 12.8. The van der Waals surface area contributed by atoms with E-state index in [1.807, 2.05) is 0 Å². The predicted molar refractivity (Wildman–Crippen MR) is 45.2 cm³/mol. The second-order valence-electron chi connectivity index (χ2n) is 2.17. The molecule has 0 aliphatic heterocycles. The van der Waals surface area contributed by atoms with Gasteiger partial charge in [-0.25, -0.2) is 4.39 Å². The lowest BCUT2D eigenvalue weighted by molar-refractivity contribution is -0.111. The Morgan fingerprint density at radius 3 is 2.75 bits per heavy atom. The van der Waals surface area contributed by atoms with Gasteiger partial charge in [-0.2, -0.15) is 0 Å². The third kappa shape index (κ3) is 1.92. The van der Waals surface area contributed by atoms with Gasteiger partial charge in [-0.3, -0.25) is 4.79 Å². The minimum absolute atomic E-state index is 0.169. The van der Waals surface area contributed by atoms with E-state index in [0.717, 1.165) is 6.08 Å². The van der Waals surface area contributed by atoms with Gasteiger partial charge in [0.15, 0.2) is 0 Å². The van der Waals surface area contributed by atoms with Gasteiger partial charge in [0.05, 0.1) is 5.69 Å². The fraction of sp³-hybridized carbons (Fsp3) is 0. The molecule has 0 saturated carbocycles. The van der Waals surface area contributed by atoms with Crippen molar-refractivity contribution in [1.29, 1.82) is 0 Å². The summed E-state index contributed by atoms with van der Waals surface area (Å²) in [5.74, 6) is -0.868. The minimum atomic E-state index is -0.451. The Morgan fingerprint density at radius 1 is 1.50 bits per heavy atom. The standard InChI is InChI=1S/C9H8FNO/c1-2-9(12)11-8-6-4-3-5-7(8)10/h2-6H,1H2,(H,11,12). The zero-order valence-electron chi connectivity index (χ0n) is 6.38. The number of amides is 1. The number of anilines is 1. The van der Waals surface area contributed by atoms with Gasteiger partial charge in [-0.1, -0.05) is 18.7 Å². The van der Waals surface area contributed by atoms with Crippen LogP contribution in [0, 0.1) is 5.82 Å². The second-order valence-corrected chi connectivity index (χ2v) is 2.17. The van der Waals surface area contributed by atoms with Gasteiger partial charge < -0.3 is 5.32 Å². The van der Waals surface area contributed by atoms with Crippen LogP contribution in [-0.4, -0.2) is 5.91 Å². The van der Waals surface area contributed by atoms with E-state index >= 15 is 0 Å². The van der Waals surface area contributed by atoms with E-state index in [1.165, 1.54) is 12.1 Å². The maximum atomic E-state index is 12.8. The number of benzene rings is 1. The van der Waals surface area contributed by atoms with Crippen molar-refractivity contribution in [3.05, 3.63) is 42.7 Å². The van der Waals surface area contributed by atoms with E-state index in [0.29, 0.717) is 0 Å². The van der Waals surface area contributed by atoms with Crippen LogP contribution in [0.2, 0.25) is 0 Å². The van der Waals surface area contributed by atoms with Crippen LogP contribution in [0.25, 0.3) is 0 Å². The van der Waals surface area contributed by atoms with Gasteiger partial charge in [0, 0.05) is 0 Å². The average Bonchev–Trinajstić information content (AvgIpc) is 2.09. The van der Waals surface area contributed by atoms with Gasteiger partial charge in [0.2, 0.25) is 5.91 Å². The molecule has 3 heteroatoms. The van der Waals surface area contributed by atoms with E-state index < -0.39 is 11.7 Å². The Kier molecular flexibility index (Phi) is 2.58. The first-order chi connectivity index (χ1) is 5.74. The van der Waals surface area contributed by atoms with E-state index in [-0.39, 0.29) is 5.69 Å². The molecule has 62 valence electrons. The topological polar surface area (TPSA) is 29.1 Å². The maximum Gasteiger partial charge on any atom is 0.247 e. The predicted octanol–water partition coefficient (Wildman–Crippen LogP) is 1.95. The molecule has 0 radical (unpaired) electrons. The van der Waals surface area contributed by atoms with E-state index in [9.17, 15) is 9.18 Å². The Balaban J connectivity index is 2.82. The summed E-state index contributed by atoms with van der Waals surface area (Å²) in [6, 6.07) is 5.95. The molecule has 1 aromatic rings. The molecular formula is C9H8FNO. The molecule has 1 N–H and O–H groups in total. The number of halogens is 1. The van der Waals surface area contributed by atoms with Gasteiger partial charge in [0.1, 0.15) is 5.82 Å². The SMILES string of the molecule is C=CC(=O)Nc1ccccc1F. The van der Waals surface area contributed by atoms with Crippen molar-refractivity contribution in [2.45, 2.75) is 0 Å². The van der Waals surface area contributed by atoms with E-state index in [2.05, 4.69) is 11.9 Å². The largest absolute Gasteiger partial charge is 0.320 e. The number of hydrogen-bond acceptors (Lipinski definition) is 1. The summed E-state index contributed by atoms with van der Waals surface area (Å²) >= 11 is 0. The molecule has 0 atom stereocenters. The number of rotatable bonds is 2. The van der Waals surface area contributed by atoms with Crippen molar-refractivity contribution in [2.75, 3.05) is 5.32 Å². The molecule has 0 unspecified atom stereocenters. The Bertz CT molecular complexity index is 309. The Labute approximate surface area is 69.7 Å². The van der Waals surface area contributed by atoms with Crippen molar-refractivity contribution in [2.24, 2.45) is 0 Å². The Hall–Kier alpha value is -1.64. The summed E-state index contributed by atoms with van der Waals surface area (Å²) in [4.78, 5) is 10.7. The molecule has 2 nitrogen and oxygen atoms in total. The highest BCUT2D eigenvalue weighted by molar-refractivity contribution is 5.98. The molecule has 0 aromatic heterocycles. The van der Waals surface area contributed by atoms with Crippen molar-refractivity contribution < 1.29 is 9.18 Å². The van der Waals surface area contributed by atoms with Crippen molar-refractivity contribution in [1.82, 2.24) is 0 Å². The van der Waals surface area contributed by atoms with Gasteiger partial charge in [-0.15, -0.1) is 0 Å². The highest BCUT2D eigenvalue weighted by Crippen LogP contribution is 2.11. The molecule has 1 rings (SSSR count). The summed E-state index contributed by atoms with van der Waals surface area (Å²) in [6.07, 6.45) is 1.09. The lowest BCUT2D eigenvalue weighted by Gasteiger charge is -2.01. The van der Waals surface area contributed by atoms with E-state index in [4.69, 9.17) is 0 Å². The van der Waals surface area contributed by atoms with E-state index in [1.54, 1.807) is 12.1 Å². The summed E-state index contributed by atoms with van der Waals surface area (Å²) in [5, 5.41) is 2.33. The van der Waals surface area contributed by atoms with Crippen LogP contribution in [0.5, 0.6) is 0 Å². The normalized spacial score (nSPS) is 9.08. The monoisotopic (exact) mass is 165 g/mol. The number of nitrogens with one attached hydrogen (secondary N) is 1. The summed E-state index contributed by atoms with van der Waals surface area (Å²) in [5.41, 5.74) is 0.169. The first-order valence-electron chi connectivity index (χ1n) is 3.42. The molecule has 0 saturated heterocycles. The minimum Gasteiger partial charge on any atom is -0.320 e. The van der Waals surface area contributed by atoms with Gasteiger partial charge >= 0.3 is 0 Å². The van der Waals surface area contributed by atoms with Crippen LogP contribution in [0.1, 0.15) is 0 Å². The van der Waals surface area contributed by atoms with Crippen LogP contribution in [0.3, 0.4) is 0 Å². The fourth-order valence-electron chi connectivity index (χ4n) is 0.746. The molecule has 0 aliphatic rings. The molecular weight excluding hydrogens is 157 g/mol. The lowest BCUT2D eigenvalue weighted by atomic mass is 10.3. The van der Waals surface area contributed by atoms with Crippen LogP contribution in [0.4, 0.5) is 10.1 Å². The van der Waals surface area contributed by atoms with Crippen LogP contribution in [-0.2, 0) is 4.79 Å². The first-order valence-corrected chi connectivity index (χ1v) is 3.42. The number of para-hydroxylation sites is 1. The molecule has 12 heavy (non-hydrogen) atoms.